The largest absolute Gasteiger partial charge is 0.481 e. The Labute approximate surface area is 145 Å². The second-order valence-electron chi connectivity index (χ2n) is 6.98. The first-order valence-electron chi connectivity index (χ1n) is 8.42. The summed E-state index contributed by atoms with van der Waals surface area (Å²) in [6, 6.07) is 3.91. The fourth-order valence-corrected chi connectivity index (χ4v) is 4.14. The molecule has 132 valence electrons. The number of rotatable bonds is 7. The maximum absolute atomic E-state index is 12.1. The Kier molecular flexibility index (Phi) is 5.22. The van der Waals surface area contributed by atoms with Crippen LogP contribution in [0.25, 0.3) is 0 Å². The molecule has 1 aromatic heterocycles. The van der Waals surface area contributed by atoms with E-state index < -0.39 is 17.5 Å². The standard InChI is InChI=1S/C17H24N2O4S/c20-14-5-6-19(10-15(21)18-9-13-2-1-7-24-13)11-17(14,16(22)23)8-12-3-4-12/h1-2,7,12,14,20H,3-6,8-11H2,(H,18,21)(H,22,23)/t14-,17+/m1/s1. The van der Waals surface area contributed by atoms with Gasteiger partial charge in [0.05, 0.1) is 19.2 Å². The molecule has 2 heterocycles. The lowest BCUT2D eigenvalue weighted by Crippen LogP contribution is -2.57. The number of carbonyl (C=O) groups is 2. The van der Waals surface area contributed by atoms with E-state index in [-0.39, 0.29) is 19.0 Å². The predicted octanol–water partition coefficient (Wildman–Crippen LogP) is 1.30. The van der Waals surface area contributed by atoms with Crippen LogP contribution in [-0.4, -0.2) is 52.7 Å². The SMILES string of the molecule is O=C(CN1CC[C@@H](O)[C@@](CC2CC2)(C(=O)O)C1)NCc1cccs1. The first-order valence-corrected chi connectivity index (χ1v) is 9.30. The molecule has 1 saturated carbocycles. The fourth-order valence-electron chi connectivity index (χ4n) is 3.49. The van der Waals surface area contributed by atoms with Gasteiger partial charge in [0.15, 0.2) is 0 Å². The Morgan fingerprint density at radius 1 is 1.38 bits per heavy atom. The van der Waals surface area contributed by atoms with Gasteiger partial charge in [-0.25, -0.2) is 0 Å². The molecule has 0 unspecified atom stereocenters. The second-order valence-corrected chi connectivity index (χ2v) is 8.01. The van der Waals surface area contributed by atoms with Crippen LogP contribution in [0.4, 0.5) is 0 Å². The zero-order valence-corrected chi connectivity index (χ0v) is 14.4. The zero-order chi connectivity index (χ0) is 17.2. The van der Waals surface area contributed by atoms with E-state index in [4.69, 9.17) is 0 Å². The molecule has 0 radical (unpaired) electrons. The number of carboxylic acids is 1. The number of carbonyl (C=O) groups excluding carboxylic acids is 1. The molecule has 1 amide bonds. The summed E-state index contributed by atoms with van der Waals surface area (Å²) in [6.07, 6.45) is 2.17. The van der Waals surface area contributed by atoms with E-state index in [1.165, 1.54) is 0 Å². The average Bonchev–Trinajstić information content (AvgIpc) is 3.19. The number of aliphatic carboxylic acids is 1. The highest BCUT2D eigenvalue weighted by atomic mass is 32.1. The van der Waals surface area contributed by atoms with Crippen LogP contribution in [0, 0.1) is 11.3 Å². The fraction of sp³-hybridized carbons (Fsp3) is 0.647. The number of likely N-dealkylation sites (tertiary alicyclic amines) is 1. The summed E-state index contributed by atoms with van der Waals surface area (Å²) in [5.74, 6) is -0.639. The molecule has 1 aliphatic heterocycles. The van der Waals surface area contributed by atoms with Crippen molar-refractivity contribution in [2.24, 2.45) is 11.3 Å². The quantitative estimate of drug-likeness (QED) is 0.688. The van der Waals surface area contributed by atoms with Gasteiger partial charge in [0, 0.05) is 18.0 Å². The highest BCUT2D eigenvalue weighted by Gasteiger charge is 2.51. The summed E-state index contributed by atoms with van der Waals surface area (Å²) in [5, 5.41) is 24.9. The van der Waals surface area contributed by atoms with Crippen LogP contribution in [0.1, 0.15) is 30.6 Å². The monoisotopic (exact) mass is 352 g/mol. The number of carboxylic acid groups (broad SMARTS) is 1. The van der Waals surface area contributed by atoms with Gasteiger partial charge in [-0.15, -0.1) is 11.3 Å². The number of nitrogens with zero attached hydrogens (tertiary/aromatic N) is 1. The Bertz CT molecular complexity index is 587. The molecule has 3 rings (SSSR count). The Morgan fingerprint density at radius 2 is 2.17 bits per heavy atom. The van der Waals surface area contributed by atoms with Gasteiger partial charge in [0.25, 0.3) is 0 Å². The van der Waals surface area contributed by atoms with Crippen LogP contribution in [0.5, 0.6) is 0 Å². The van der Waals surface area contributed by atoms with Crippen LogP contribution in [0.15, 0.2) is 17.5 Å². The number of thiophene rings is 1. The third-order valence-corrected chi connectivity index (χ3v) is 5.92. The first-order chi connectivity index (χ1) is 11.5. The summed E-state index contributed by atoms with van der Waals surface area (Å²) < 4.78 is 0. The zero-order valence-electron chi connectivity index (χ0n) is 13.6. The Morgan fingerprint density at radius 3 is 2.79 bits per heavy atom. The number of aliphatic hydroxyl groups is 1. The van der Waals surface area contributed by atoms with Gasteiger partial charge in [0.2, 0.25) is 5.91 Å². The highest BCUT2D eigenvalue weighted by molar-refractivity contribution is 7.09. The number of hydrogen-bond donors (Lipinski definition) is 3. The van der Waals surface area contributed by atoms with Crippen LogP contribution < -0.4 is 5.32 Å². The topological polar surface area (TPSA) is 89.9 Å². The summed E-state index contributed by atoms with van der Waals surface area (Å²) in [4.78, 5) is 27.0. The van der Waals surface area contributed by atoms with Gasteiger partial charge in [-0.1, -0.05) is 18.9 Å². The lowest BCUT2D eigenvalue weighted by atomic mass is 9.73. The molecule has 2 fully saturated rings. The third-order valence-electron chi connectivity index (χ3n) is 5.05. The van der Waals surface area contributed by atoms with Crippen molar-refractivity contribution in [3.05, 3.63) is 22.4 Å². The molecule has 3 N–H and O–H groups in total. The number of amides is 1. The number of nitrogens with one attached hydrogen (secondary N) is 1. The first kappa shape index (κ1) is 17.4. The van der Waals surface area contributed by atoms with Crippen molar-refractivity contribution in [1.82, 2.24) is 10.2 Å². The average molecular weight is 352 g/mol. The molecular weight excluding hydrogens is 328 g/mol. The molecule has 7 heteroatoms. The van der Waals surface area contributed by atoms with Crippen molar-refractivity contribution < 1.29 is 19.8 Å². The summed E-state index contributed by atoms with van der Waals surface area (Å²) in [5.41, 5.74) is -1.13. The molecule has 1 aromatic rings. The summed E-state index contributed by atoms with van der Waals surface area (Å²) >= 11 is 1.59. The minimum atomic E-state index is -1.13. The van der Waals surface area contributed by atoms with Crippen molar-refractivity contribution in [3.63, 3.8) is 0 Å². The number of piperidine rings is 1. The molecule has 1 saturated heterocycles. The van der Waals surface area contributed by atoms with Gasteiger partial charge in [-0.05, 0) is 30.2 Å². The van der Waals surface area contributed by atoms with Crippen molar-refractivity contribution >= 4 is 23.2 Å². The van der Waals surface area contributed by atoms with Crippen molar-refractivity contribution in [1.29, 1.82) is 0 Å². The number of aliphatic hydroxyl groups excluding tert-OH is 1. The molecule has 24 heavy (non-hydrogen) atoms. The van der Waals surface area contributed by atoms with Gasteiger partial charge in [0.1, 0.15) is 5.41 Å². The normalized spacial score (nSPS) is 27.8. The minimum Gasteiger partial charge on any atom is -0.481 e. The van der Waals surface area contributed by atoms with E-state index in [9.17, 15) is 19.8 Å². The molecule has 2 aliphatic rings. The molecule has 0 bridgehead atoms. The molecule has 1 aliphatic carbocycles. The van der Waals surface area contributed by atoms with Crippen molar-refractivity contribution in [2.75, 3.05) is 19.6 Å². The smallest absolute Gasteiger partial charge is 0.313 e. The lowest BCUT2D eigenvalue weighted by molar-refractivity contribution is -0.165. The van der Waals surface area contributed by atoms with Crippen LogP contribution in [0.2, 0.25) is 0 Å². The van der Waals surface area contributed by atoms with E-state index >= 15 is 0 Å². The number of hydrogen-bond acceptors (Lipinski definition) is 5. The Hall–Kier alpha value is -1.44. The maximum Gasteiger partial charge on any atom is 0.313 e. The highest BCUT2D eigenvalue weighted by Crippen LogP contribution is 2.45. The van der Waals surface area contributed by atoms with Gasteiger partial charge in [-0.2, -0.15) is 0 Å². The molecule has 0 aromatic carbocycles. The van der Waals surface area contributed by atoms with Gasteiger partial charge >= 0.3 is 5.97 Å². The van der Waals surface area contributed by atoms with Crippen LogP contribution >= 0.6 is 11.3 Å². The van der Waals surface area contributed by atoms with Gasteiger partial charge < -0.3 is 15.5 Å². The van der Waals surface area contributed by atoms with E-state index in [0.29, 0.717) is 31.8 Å². The van der Waals surface area contributed by atoms with Crippen molar-refractivity contribution in [3.8, 4) is 0 Å². The summed E-state index contributed by atoms with van der Waals surface area (Å²) in [6.45, 7) is 1.47. The predicted molar refractivity (Wildman–Crippen MR) is 90.6 cm³/mol. The molecular formula is C17H24N2O4S. The molecule has 2 atom stereocenters. The van der Waals surface area contributed by atoms with E-state index in [1.807, 2.05) is 22.4 Å². The molecule has 0 spiro atoms. The van der Waals surface area contributed by atoms with E-state index in [1.54, 1.807) is 11.3 Å². The van der Waals surface area contributed by atoms with Crippen LogP contribution in [-0.2, 0) is 16.1 Å². The minimum absolute atomic E-state index is 0.106. The maximum atomic E-state index is 12.1. The van der Waals surface area contributed by atoms with Crippen LogP contribution in [0.3, 0.4) is 0 Å². The van der Waals surface area contributed by atoms with Gasteiger partial charge in [-0.3, -0.25) is 14.5 Å². The molecule has 6 nitrogen and oxygen atoms in total. The van der Waals surface area contributed by atoms with E-state index in [2.05, 4.69) is 5.32 Å². The van der Waals surface area contributed by atoms with E-state index in [0.717, 1.165) is 17.7 Å². The Balaban J connectivity index is 1.57. The van der Waals surface area contributed by atoms with Crippen molar-refractivity contribution in [2.45, 2.75) is 38.3 Å². The lowest BCUT2D eigenvalue weighted by Gasteiger charge is -2.43. The second kappa shape index (κ2) is 7.21. The third kappa shape index (κ3) is 3.96. The summed E-state index contributed by atoms with van der Waals surface area (Å²) in [7, 11) is 0.